The van der Waals surface area contributed by atoms with Crippen LogP contribution in [0.5, 0.6) is 0 Å². The van der Waals surface area contributed by atoms with E-state index in [1.807, 2.05) is 0 Å². The predicted octanol–water partition coefficient (Wildman–Crippen LogP) is 2.80. The standard InChI is InChI=1S/C22H28F5N3O3S/c23-17-11-19(25)18(24)9-13(17)10-20(28)14-7-15-1-2-16(8-14)30(15)21(31)12-34(32,33)29-5-3-22(26,27)4-6-29/h9,11,14-16,20H,1-8,10,12,28H2/t14-,15-,16+,20-/m1/s1. The molecule has 0 aliphatic carbocycles. The molecule has 3 saturated heterocycles. The molecule has 1 aromatic rings. The minimum atomic E-state index is -4.01. The summed E-state index contributed by atoms with van der Waals surface area (Å²) < 4.78 is 93.8. The van der Waals surface area contributed by atoms with Crippen molar-refractivity contribution >= 4 is 15.9 Å². The van der Waals surface area contributed by atoms with Gasteiger partial charge in [0.1, 0.15) is 11.6 Å². The highest BCUT2D eigenvalue weighted by Crippen LogP contribution is 2.40. The number of hydrogen-bond donors (Lipinski definition) is 1. The van der Waals surface area contributed by atoms with Gasteiger partial charge in [-0.3, -0.25) is 4.79 Å². The number of hydrogen-bond acceptors (Lipinski definition) is 4. The second-order valence-electron chi connectivity index (χ2n) is 9.65. The number of carbonyl (C=O) groups excluding carboxylic acids is 1. The molecule has 34 heavy (non-hydrogen) atoms. The van der Waals surface area contributed by atoms with Crippen LogP contribution < -0.4 is 5.73 Å². The molecular formula is C22H28F5N3O3S. The van der Waals surface area contributed by atoms with Crippen LogP contribution in [0.2, 0.25) is 0 Å². The Labute approximate surface area is 195 Å². The van der Waals surface area contributed by atoms with Crippen LogP contribution in [0, 0.1) is 23.4 Å². The molecule has 4 atom stereocenters. The zero-order valence-electron chi connectivity index (χ0n) is 18.5. The summed E-state index contributed by atoms with van der Waals surface area (Å²) in [4.78, 5) is 14.5. The van der Waals surface area contributed by atoms with Gasteiger partial charge in [0.15, 0.2) is 11.6 Å². The average Bonchev–Trinajstić information content (AvgIpc) is 3.01. The maximum atomic E-state index is 14.0. The normalized spacial score (nSPS) is 28.2. The number of halogens is 5. The van der Waals surface area contributed by atoms with Crippen molar-refractivity contribution in [1.29, 1.82) is 0 Å². The van der Waals surface area contributed by atoms with Crippen molar-refractivity contribution in [1.82, 2.24) is 9.21 Å². The summed E-state index contributed by atoms with van der Waals surface area (Å²) in [6.07, 6.45) is 1.22. The highest BCUT2D eigenvalue weighted by Gasteiger charge is 2.46. The van der Waals surface area contributed by atoms with E-state index < -0.39 is 63.9 Å². The van der Waals surface area contributed by atoms with E-state index in [0.29, 0.717) is 31.7 Å². The SMILES string of the molecule is N[C@H](Cc1cc(F)c(F)cc1F)[C@@H]1C[C@H]2CC[C@@H](C1)N2C(=O)CS(=O)(=O)N1CCC(F)(F)CC1. The van der Waals surface area contributed by atoms with Crippen LogP contribution in [0.3, 0.4) is 0 Å². The van der Waals surface area contributed by atoms with Gasteiger partial charge in [0.2, 0.25) is 15.9 Å². The van der Waals surface area contributed by atoms with Crippen LogP contribution in [0.25, 0.3) is 0 Å². The van der Waals surface area contributed by atoms with Crippen LogP contribution >= 0.6 is 0 Å². The predicted molar refractivity (Wildman–Crippen MR) is 114 cm³/mol. The van der Waals surface area contributed by atoms with E-state index >= 15 is 0 Å². The Hall–Kier alpha value is -1.79. The molecule has 2 N–H and O–H groups in total. The van der Waals surface area contributed by atoms with Gasteiger partial charge in [0, 0.05) is 50.1 Å². The van der Waals surface area contributed by atoms with E-state index in [4.69, 9.17) is 5.73 Å². The molecule has 3 heterocycles. The van der Waals surface area contributed by atoms with Crippen LogP contribution in [-0.2, 0) is 21.2 Å². The van der Waals surface area contributed by atoms with Crippen molar-refractivity contribution < 1.29 is 35.2 Å². The molecule has 3 aliphatic heterocycles. The van der Waals surface area contributed by atoms with E-state index in [1.165, 1.54) is 0 Å². The number of benzene rings is 1. The van der Waals surface area contributed by atoms with Gasteiger partial charge in [-0.15, -0.1) is 0 Å². The number of amides is 1. The van der Waals surface area contributed by atoms with Gasteiger partial charge in [0.05, 0.1) is 0 Å². The smallest absolute Gasteiger partial charge is 0.250 e. The summed E-state index contributed by atoms with van der Waals surface area (Å²) >= 11 is 0. The third-order valence-corrected chi connectivity index (χ3v) is 9.12. The van der Waals surface area contributed by atoms with Gasteiger partial charge >= 0.3 is 0 Å². The van der Waals surface area contributed by atoms with Crippen molar-refractivity contribution in [3.05, 3.63) is 35.1 Å². The number of sulfonamides is 1. The first-order valence-electron chi connectivity index (χ1n) is 11.4. The van der Waals surface area contributed by atoms with Gasteiger partial charge in [0.25, 0.3) is 5.92 Å². The lowest BCUT2D eigenvalue weighted by molar-refractivity contribution is -0.133. The van der Waals surface area contributed by atoms with Gasteiger partial charge in [-0.25, -0.2) is 34.7 Å². The fourth-order valence-electron chi connectivity index (χ4n) is 5.53. The molecule has 3 aliphatic rings. The molecule has 0 aromatic heterocycles. The minimum Gasteiger partial charge on any atom is -0.336 e. The molecular weight excluding hydrogens is 481 g/mol. The molecule has 6 nitrogen and oxygen atoms in total. The van der Waals surface area contributed by atoms with Crippen molar-refractivity contribution in [2.45, 2.75) is 69.0 Å². The molecule has 1 aromatic carbocycles. The third kappa shape index (κ3) is 5.23. The zero-order chi connectivity index (χ0) is 24.8. The van der Waals surface area contributed by atoms with Gasteiger partial charge in [-0.2, -0.15) is 0 Å². The first-order valence-corrected chi connectivity index (χ1v) is 13.0. The fraction of sp³-hybridized carbons (Fsp3) is 0.682. The fourth-order valence-corrected chi connectivity index (χ4v) is 6.91. The Morgan fingerprint density at radius 3 is 2.18 bits per heavy atom. The number of carbonyl (C=O) groups is 1. The number of fused-ring (bicyclic) bond motifs is 2. The lowest BCUT2D eigenvalue weighted by Crippen LogP contribution is -2.53. The Kier molecular flexibility index (Phi) is 6.96. The largest absolute Gasteiger partial charge is 0.336 e. The van der Waals surface area contributed by atoms with Crippen molar-refractivity contribution in [2.24, 2.45) is 11.7 Å². The summed E-state index contributed by atoms with van der Waals surface area (Å²) in [7, 11) is -4.01. The van der Waals surface area contributed by atoms with Crippen LogP contribution in [0.1, 0.15) is 44.1 Å². The van der Waals surface area contributed by atoms with Crippen LogP contribution in [0.4, 0.5) is 22.0 Å². The van der Waals surface area contributed by atoms with E-state index in [2.05, 4.69) is 0 Å². The topological polar surface area (TPSA) is 83.7 Å². The van der Waals surface area contributed by atoms with Crippen molar-refractivity contribution in [3.63, 3.8) is 0 Å². The highest BCUT2D eigenvalue weighted by atomic mass is 32.2. The molecule has 0 spiro atoms. The van der Waals surface area contributed by atoms with Gasteiger partial charge in [-0.05, 0) is 49.7 Å². The Bertz CT molecular complexity index is 1030. The highest BCUT2D eigenvalue weighted by molar-refractivity contribution is 7.89. The van der Waals surface area contributed by atoms with Crippen molar-refractivity contribution in [2.75, 3.05) is 18.8 Å². The molecule has 12 heteroatoms. The maximum Gasteiger partial charge on any atom is 0.250 e. The van der Waals surface area contributed by atoms with Crippen molar-refractivity contribution in [3.8, 4) is 0 Å². The number of nitrogens with zero attached hydrogens (tertiary/aromatic N) is 2. The van der Waals surface area contributed by atoms with E-state index in [1.54, 1.807) is 4.90 Å². The van der Waals surface area contributed by atoms with E-state index in [9.17, 15) is 35.2 Å². The molecule has 1 amide bonds. The number of rotatable bonds is 6. The summed E-state index contributed by atoms with van der Waals surface area (Å²) in [5.41, 5.74) is 6.26. The monoisotopic (exact) mass is 509 g/mol. The maximum absolute atomic E-state index is 14.0. The number of nitrogens with two attached hydrogens (primary N) is 1. The van der Waals surface area contributed by atoms with Gasteiger partial charge < -0.3 is 10.6 Å². The summed E-state index contributed by atoms with van der Waals surface area (Å²) in [6.45, 7) is -0.625. The Morgan fingerprint density at radius 2 is 1.59 bits per heavy atom. The van der Waals surface area contributed by atoms with E-state index in [-0.39, 0.29) is 43.1 Å². The van der Waals surface area contributed by atoms with Crippen LogP contribution in [0.15, 0.2) is 12.1 Å². The number of piperidine rings is 2. The zero-order valence-corrected chi connectivity index (χ0v) is 19.3. The summed E-state index contributed by atoms with van der Waals surface area (Å²) in [5.74, 6) is -7.60. The minimum absolute atomic E-state index is 0.00899. The third-order valence-electron chi connectivity index (χ3n) is 7.36. The lowest BCUT2D eigenvalue weighted by atomic mass is 9.82. The molecule has 190 valence electrons. The molecule has 0 radical (unpaired) electrons. The molecule has 0 unspecified atom stereocenters. The van der Waals surface area contributed by atoms with Gasteiger partial charge in [-0.1, -0.05) is 0 Å². The molecule has 0 saturated carbocycles. The first-order chi connectivity index (χ1) is 15.9. The summed E-state index contributed by atoms with van der Waals surface area (Å²) in [5, 5.41) is 0. The lowest BCUT2D eigenvalue weighted by Gasteiger charge is -2.41. The average molecular weight is 510 g/mol. The first kappa shape index (κ1) is 25.3. The summed E-state index contributed by atoms with van der Waals surface area (Å²) in [6, 6.07) is 0.306. The number of alkyl halides is 2. The molecule has 2 bridgehead atoms. The quantitative estimate of drug-likeness (QED) is 0.472. The molecule has 3 fully saturated rings. The Balaban J connectivity index is 1.37. The Morgan fingerprint density at radius 1 is 1.03 bits per heavy atom. The molecule has 4 rings (SSSR count). The van der Waals surface area contributed by atoms with E-state index in [0.717, 1.165) is 10.4 Å². The van der Waals surface area contributed by atoms with Crippen LogP contribution in [-0.4, -0.2) is 66.4 Å². The second kappa shape index (κ2) is 9.34. The second-order valence-corrected chi connectivity index (χ2v) is 11.6.